The van der Waals surface area contributed by atoms with E-state index in [4.69, 9.17) is 15.2 Å². The SMILES string of the molecule is CC(C)Oc1ccc(C(N)COc2ccc(C(F)(F)F)cc2)cc1. The lowest BCUT2D eigenvalue weighted by Gasteiger charge is -2.15. The number of hydrogen-bond acceptors (Lipinski definition) is 3. The average molecular weight is 339 g/mol. The van der Waals surface area contributed by atoms with Gasteiger partial charge in [0.1, 0.15) is 18.1 Å². The Balaban J connectivity index is 1.91. The first-order valence-electron chi connectivity index (χ1n) is 7.58. The summed E-state index contributed by atoms with van der Waals surface area (Å²) in [7, 11) is 0. The second kappa shape index (κ2) is 7.57. The van der Waals surface area contributed by atoms with Crippen LogP contribution in [0.5, 0.6) is 11.5 Å². The zero-order valence-corrected chi connectivity index (χ0v) is 13.5. The van der Waals surface area contributed by atoms with Gasteiger partial charge in [0.25, 0.3) is 0 Å². The maximum atomic E-state index is 12.5. The summed E-state index contributed by atoms with van der Waals surface area (Å²) in [4.78, 5) is 0. The summed E-state index contributed by atoms with van der Waals surface area (Å²) in [6, 6.07) is 11.5. The van der Waals surface area contributed by atoms with Crippen molar-refractivity contribution in [3.05, 3.63) is 59.7 Å². The molecule has 1 unspecified atom stereocenters. The van der Waals surface area contributed by atoms with Crippen LogP contribution < -0.4 is 15.2 Å². The number of ether oxygens (including phenoxy) is 2. The van der Waals surface area contributed by atoms with Crippen molar-refractivity contribution in [3.63, 3.8) is 0 Å². The van der Waals surface area contributed by atoms with Gasteiger partial charge >= 0.3 is 6.18 Å². The molecule has 0 fully saturated rings. The van der Waals surface area contributed by atoms with Gasteiger partial charge in [-0.05, 0) is 55.8 Å². The molecule has 0 aliphatic heterocycles. The zero-order chi connectivity index (χ0) is 17.7. The van der Waals surface area contributed by atoms with Crippen molar-refractivity contribution < 1.29 is 22.6 Å². The third-order valence-corrected chi connectivity index (χ3v) is 3.29. The molecule has 2 N–H and O–H groups in total. The highest BCUT2D eigenvalue weighted by Crippen LogP contribution is 2.30. The first-order chi connectivity index (χ1) is 11.3. The summed E-state index contributed by atoms with van der Waals surface area (Å²) < 4.78 is 48.5. The highest BCUT2D eigenvalue weighted by molar-refractivity contribution is 5.31. The van der Waals surface area contributed by atoms with Gasteiger partial charge in [0.15, 0.2) is 0 Å². The summed E-state index contributed by atoms with van der Waals surface area (Å²) in [5.41, 5.74) is 6.20. The van der Waals surface area contributed by atoms with E-state index in [1.165, 1.54) is 12.1 Å². The number of nitrogens with two attached hydrogens (primary N) is 1. The molecule has 3 nitrogen and oxygen atoms in total. The third-order valence-electron chi connectivity index (χ3n) is 3.29. The van der Waals surface area contributed by atoms with E-state index in [1.807, 2.05) is 38.1 Å². The summed E-state index contributed by atoms with van der Waals surface area (Å²) in [6.07, 6.45) is -4.26. The molecule has 6 heteroatoms. The monoisotopic (exact) mass is 339 g/mol. The van der Waals surface area contributed by atoms with Gasteiger partial charge in [-0.15, -0.1) is 0 Å². The fourth-order valence-electron chi connectivity index (χ4n) is 2.09. The molecule has 0 saturated heterocycles. The molecule has 0 radical (unpaired) electrons. The van der Waals surface area contributed by atoms with E-state index in [1.54, 1.807) is 0 Å². The van der Waals surface area contributed by atoms with Crippen molar-refractivity contribution in [1.29, 1.82) is 0 Å². The summed E-state index contributed by atoms with van der Waals surface area (Å²) in [6.45, 7) is 4.05. The molecular formula is C18H20F3NO2. The lowest BCUT2D eigenvalue weighted by molar-refractivity contribution is -0.137. The fourth-order valence-corrected chi connectivity index (χ4v) is 2.09. The minimum Gasteiger partial charge on any atom is -0.492 e. The van der Waals surface area contributed by atoms with Gasteiger partial charge in [0.05, 0.1) is 17.7 Å². The van der Waals surface area contributed by atoms with Crippen LogP contribution >= 0.6 is 0 Å². The van der Waals surface area contributed by atoms with E-state index in [-0.39, 0.29) is 18.8 Å². The Morgan fingerprint density at radius 2 is 1.46 bits per heavy atom. The van der Waals surface area contributed by atoms with Gasteiger partial charge in [0, 0.05) is 0 Å². The average Bonchev–Trinajstić information content (AvgIpc) is 2.52. The molecule has 0 amide bonds. The molecule has 24 heavy (non-hydrogen) atoms. The molecule has 2 aromatic rings. The van der Waals surface area contributed by atoms with Crippen LogP contribution in [0.1, 0.15) is 31.0 Å². The number of alkyl halides is 3. The molecule has 0 saturated carbocycles. The Hall–Kier alpha value is -2.21. The highest BCUT2D eigenvalue weighted by Gasteiger charge is 2.30. The lowest BCUT2D eigenvalue weighted by Crippen LogP contribution is -2.19. The van der Waals surface area contributed by atoms with Crippen molar-refractivity contribution >= 4 is 0 Å². The molecule has 2 aromatic carbocycles. The third kappa shape index (κ3) is 5.16. The van der Waals surface area contributed by atoms with Crippen LogP contribution in [0, 0.1) is 0 Å². The van der Waals surface area contributed by atoms with Gasteiger partial charge in [-0.1, -0.05) is 12.1 Å². The summed E-state index contributed by atoms with van der Waals surface area (Å²) >= 11 is 0. The van der Waals surface area contributed by atoms with Gasteiger partial charge in [0.2, 0.25) is 0 Å². The molecule has 0 aliphatic carbocycles. The molecule has 0 heterocycles. The molecule has 0 aliphatic rings. The van der Waals surface area contributed by atoms with Crippen LogP contribution in [-0.2, 0) is 6.18 Å². The van der Waals surface area contributed by atoms with E-state index in [0.29, 0.717) is 5.75 Å². The molecule has 0 spiro atoms. The Kier molecular flexibility index (Phi) is 5.72. The molecule has 1 atom stereocenters. The molecule has 0 bridgehead atoms. The minimum atomic E-state index is -4.35. The maximum Gasteiger partial charge on any atom is 0.416 e. The van der Waals surface area contributed by atoms with Crippen LogP contribution in [0.3, 0.4) is 0 Å². The molecule has 0 aromatic heterocycles. The van der Waals surface area contributed by atoms with E-state index >= 15 is 0 Å². The highest BCUT2D eigenvalue weighted by atomic mass is 19.4. The topological polar surface area (TPSA) is 44.5 Å². The van der Waals surface area contributed by atoms with E-state index in [0.717, 1.165) is 23.4 Å². The van der Waals surface area contributed by atoms with Crippen molar-refractivity contribution in [2.45, 2.75) is 32.2 Å². The van der Waals surface area contributed by atoms with Crippen molar-refractivity contribution in [2.24, 2.45) is 5.73 Å². The number of halogens is 3. The normalized spacial score (nSPS) is 13.0. The number of hydrogen-bond donors (Lipinski definition) is 1. The predicted octanol–water partition coefficient (Wildman–Crippen LogP) is 4.57. The van der Waals surface area contributed by atoms with Crippen LogP contribution in [0.25, 0.3) is 0 Å². The van der Waals surface area contributed by atoms with Crippen molar-refractivity contribution in [1.82, 2.24) is 0 Å². The van der Waals surface area contributed by atoms with Crippen LogP contribution in [0.2, 0.25) is 0 Å². The smallest absolute Gasteiger partial charge is 0.416 e. The first-order valence-corrected chi connectivity index (χ1v) is 7.58. The van der Waals surface area contributed by atoms with Crippen LogP contribution in [-0.4, -0.2) is 12.7 Å². The lowest BCUT2D eigenvalue weighted by atomic mass is 10.1. The Morgan fingerprint density at radius 1 is 0.917 bits per heavy atom. The second-order valence-electron chi connectivity index (χ2n) is 5.68. The second-order valence-corrected chi connectivity index (χ2v) is 5.68. The van der Waals surface area contributed by atoms with Crippen molar-refractivity contribution in [3.8, 4) is 11.5 Å². The van der Waals surface area contributed by atoms with Gasteiger partial charge in [-0.25, -0.2) is 0 Å². The quantitative estimate of drug-likeness (QED) is 0.838. The Bertz CT molecular complexity index is 637. The standard InChI is InChI=1S/C18H20F3NO2/c1-12(2)24-16-7-3-13(4-8-16)17(22)11-23-15-9-5-14(6-10-15)18(19,20)21/h3-10,12,17H,11,22H2,1-2H3. The molecular weight excluding hydrogens is 319 g/mol. The zero-order valence-electron chi connectivity index (χ0n) is 13.5. The van der Waals surface area contributed by atoms with Gasteiger partial charge in [-0.3, -0.25) is 0 Å². The van der Waals surface area contributed by atoms with Gasteiger partial charge < -0.3 is 15.2 Å². The summed E-state index contributed by atoms with van der Waals surface area (Å²) in [5.74, 6) is 1.10. The number of benzene rings is 2. The predicted molar refractivity (Wildman–Crippen MR) is 86.1 cm³/mol. The van der Waals surface area contributed by atoms with Crippen LogP contribution in [0.4, 0.5) is 13.2 Å². The largest absolute Gasteiger partial charge is 0.492 e. The van der Waals surface area contributed by atoms with Crippen LogP contribution in [0.15, 0.2) is 48.5 Å². The maximum absolute atomic E-state index is 12.5. The van der Waals surface area contributed by atoms with E-state index in [9.17, 15) is 13.2 Å². The fraction of sp³-hybridized carbons (Fsp3) is 0.333. The number of rotatable bonds is 6. The Morgan fingerprint density at radius 3 is 1.96 bits per heavy atom. The Labute approximate surface area is 139 Å². The molecule has 130 valence electrons. The van der Waals surface area contributed by atoms with E-state index in [2.05, 4.69) is 0 Å². The summed E-state index contributed by atoms with van der Waals surface area (Å²) in [5, 5.41) is 0. The van der Waals surface area contributed by atoms with Gasteiger partial charge in [-0.2, -0.15) is 13.2 Å². The minimum absolute atomic E-state index is 0.0903. The van der Waals surface area contributed by atoms with Crippen molar-refractivity contribution in [2.75, 3.05) is 6.61 Å². The van der Waals surface area contributed by atoms with E-state index < -0.39 is 11.7 Å². The first kappa shape index (κ1) is 18.1. The molecule has 2 rings (SSSR count).